The zero-order valence-electron chi connectivity index (χ0n) is 18.4. The Bertz CT molecular complexity index is 1120. The second-order valence-electron chi connectivity index (χ2n) is 7.28. The van der Waals surface area contributed by atoms with E-state index in [-0.39, 0.29) is 24.5 Å². The van der Waals surface area contributed by atoms with Crippen LogP contribution < -0.4 is 14.8 Å². The van der Waals surface area contributed by atoms with Crippen LogP contribution in [0.1, 0.15) is 39.2 Å². The molecule has 0 spiro atoms. The van der Waals surface area contributed by atoms with E-state index in [0.29, 0.717) is 16.4 Å². The Morgan fingerprint density at radius 2 is 1.68 bits per heavy atom. The van der Waals surface area contributed by atoms with E-state index in [4.69, 9.17) is 9.47 Å². The van der Waals surface area contributed by atoms with Crippen LogP contribution in [0, 0.1) is 20.8 Å². The number of hydrogen-bond donors (Lipinski definition) is 1. The third kappa shape index (κ3) is 5.30. The van der Waals surface area contributed by atoms with Crippen LogP contribution in [0.4, 0.5) is 5.13 Å². The van der Waals surface area contributed by atoms with E-state index in [1.54, 1.807) is 19.2 Å². The van der Waals surface area contributed by atoms with Gasteiger partial charge in [0.15, 0.2) is 10.9 Å². The lowest BCUT2D eigenvalue weighted by Gasteiger charge is -2.08. The van der Waals surface area contributed by atoms with E-state index in [0.717, 1.165) is 33.0 Å². The first-order valence-electron chi connectivity index (χ1n) is 9.92. The highest BCUT2D eigenvalue weighted by Crippen LogP contribution is 2.33. The molecule has 1 amide bonds. The highest BCUT2D eigenvalue weighted by Gasteiger charge is 2.16. The number of anilines is 1. The van der Waals surface area contributed by atoms with Crippen molar-refractivity contribution in [2.75, 3.05) is 19.5 Å². The lowest BCUT2D eigenvalue weighted by atomic mass is 10.0. The van der Waals surface area contributed by atoms with E-state index in [1.165, 1.54) is 18.4 Å². The third-order valence-electron chi connectivity index (χ3n) is 4.95. The molecule has 162 valence electrons. The molecule has 7 heteroatoms. The Morgan fingerprint density at radius 3 is 2.35 bits per heavy atom. The molecule has 6 nitrogen and oxygen atoms in total. The molecule has 3 aromatic rings. The van der Waals surface area contributed by atoms with Crippen LogP contribution in [0.5, 0.6) is 11.5 Å². The Labute approximate surface area is 186 Å². The molecule has 0 fully saturated rings. The molecule has 0 radical (unpaired) electrons. The molecule has 0 aliphatic heterocycles. The number of methoxy groups -OCH3 is 2. The lowest BCUT2D eigenvalue weighted by molar-refractivity contribution is -0.116. The SMILES string of the molecule is COc1ccc(-c2nc(NC(=O)CCC(=O)c3cc(C)ccc3OC)sc2C)cc1C. The zero-order chi connectivity index (χ0) is 22.5. The molecular weight excluding hydrogens is 412 g/mol. The maximum Gasteiger partial charge on any atom is 0.226 e. The van der Waals surface area contributed by atoms with Gasteiger partial charge in [0.05, 0.1) is 25.5 Å². The smallest absolute Gasteiger partial charge is 0.226 e. The number of carbonyl (C=O) groups is 2. The Kier molecular flexibility index (Phi) is 7.07. The number of hydrogen-bond acceptors (Lipinski definition) is 6. The van der Waals surface area contributed by atoms with Crippen LogP contribution in [-0.4, -0.2) is 30.9 Å². The summed E-state index contributed by atoms with van der Waals surface area (Å²) in [7, 11) is 3.17. The van der Waals surface area contributed by atoms with Gasteiger partial charge < -0.3 is 14.8 Å². The maximum absolute atomic E-state index is 12.6. The molecule has 0 aliphatic rings. The summed E-state index contributed by atoms with van der Waals surface area (Å²) in [5, 5.41) is 3.34. The number of carbonyl (C=O) groups excluding carboxylic acids is 2. The number of Topliss-reactive ketones (excluding diaryl/α,β-unsaturated/α-hetero) is 1. The van der Waals surface area contributed by atoms with E-state index >= 15 is 0 Å². The highest BCUT2D eigenvalue weighted by molar-refractivity contribution is 7.16. The molecular formula is C24H26N2O4S. The summed E-state index contributed by atoms with van der Waals surface area (Å²) in [6.07, 6.45) is 0.173. The Morgan fingerprint density at radius 1 is 0.968 bits per heavy atom. The van der Waals surface area contributed by atoms with Crippen LogP contribution in [-0.2, 0) is 4.79 Å². The van der Waals surface area contributed by atoms with Gasteiger partial charge in [0.1, 0.15) is 11.5 Å². The molecule has 0 aliphatic carbocycles. The summed E-state index contributed by atoms with van der Waals surface area (Å²) in [5.41, 5.74) is 4.27. The number of rotatable bonds is 8. The van der Waals surface area contributed by atoms with Gasteiger partial charge in [-0.25, -0.2) is 4.98 Å². The molecule has 0 atom stereocenters. The molecule has 0 unspecified atom stereocenters. The molecule has 31 heavy (non-hydrogen) atoms. The van der Waals surface area contributed by atoms with Gasteiger partial charge in [-0.05, 0) is 56.7 Å². The second-order valence-corrected chi connectivity index (χ2v) is 8.49. The van der Waals surface area contributed by atoms with E-state index in [2.05, 4.69) is 10.3 Å². The van der Waals surface area contributed by atoms with Crippen molar-refractivity contribution in [2.24, 2.45) is 0 Å². The quantitative estimate of drug-likeness (QED) is 0.480. The topological polar surface area (TPSA) is 77.5 Å². The average molecular weight is 439 g/mol. The number of nitrogens with one attached hydrogen (secondary N) is 1. The normalized spacial score (nSPS) is 10.6. The molecule has 0 saturated carbocycles. The number of ketones is 1. The summed E-state index contributed by atoms with van der Waals surface area (Å²) in [5.74, 6) is 0.970. The van der Waals surface area contributed by atoms with Gasteiger partial charge >= 0.3 is 0 Å². The Balaban J connectivity index is 1.65. The zero-order valence-corrected chi connectivity index (χ0v) is 19.2. The van der Waals surface area contributed by atoms with Crippen molar-refractivity contribution >= 4 is 28.2 Å². The fourth-order valence-corrected chi connectivity index (χ4v) is 4.18. The molecule has 2 aromatic carbocycles. The highest BCUT2D eigenvalue weighted by atomic mass is 32.1. The van der Waals surface area contributed by atoms with Gasteiger partial charge in [-0.1, -0.05) is 11.6 Å². The predicted octanol–water partition coefficient (Wildman–Crippen LogP) is 5.35. The van der Waals surface area contributed by atoms with Crippen molar-refractivity contribution in [1.29, 1.82) is 0 Å². The minimum atomic E-state index is -0.244. The first-order valence-corrected chi connectivity index (χ1v) is 10.7. The summed E-state index contributed by atoms with van der Waals surface area (Å²) in [6, 6.07) is 11.3. The molecule has 0 bridgehead atoms. The van der Waals surface area contributed by atoms with Crippen LogP contribution in [0.15, 0.2) is 36.4 Å². The molecule has 1 N–H and O–H groups in total. The minimum Gasteiger partial charge on any atom is -0.496 e. The van der Waals surface area contributed by atoms with Gasteiger partial charge in [-0.15, -0.1) is 11.3 Å². The van der Waals surface area contributed by atoms with Gasteiger partial charge in [-0.2, -0.15) is 0 Å². The average Bonchev–Trinajstić information content (AvgIpc) is 3.11. The maximum atomic E-state index is 12.6. The fraction of sp³-hybridized carbons (Fsp3) is 0.292. The van der Waals surface area contributed by atoms with Gasteiger partial charge in [0.25, 0.3) is 0 Å². The third-order valence-corrected chi connectivity index (χ3v) is 5.83. The number of benzene rings is 2. The molecule has 0 saturated heterocycles. The van der Waals surface area contributed by atoms with E-state index in [1.807, 2.05) is 45.0 Å². The fourth-order valence-electron chi connectivity index (χ4n) is 3.33. The van der Waals surface area contributed by atoms with Crippen LogP contribution in [0.25, 0.3) is 11.3 Å². The van der Waals surface area contributed by atoms with E-state index in [9.17, 15) is 9.59 Å². The van der Waals surface area contributed by atoms with Crippen LogP contribution >= 0.6 is 11.3 Å². The van der Waals surface area contributed by atoms with Crippen molar-refractivity contribution in [3.05, 3.63) is 58.0 Å². The van der Waals surface area contributed by atoms with Crippen molar-refractivity contribution in [1.82, 2.24) is 4.98 Å². The van der Waals surface area contributed by atoms with Crippen LogP contribution in [0.3, 0.4) is 0 Å². The molecule has 1 aromatic heterocycles. The van der Waals surface area contributed by atoms with Gasteiger partial charge in [0.2, 0.25) is 5.91 Å². The number of aryl methyl sites for hydroxylation is 3. The van der Waals surface area contributed by atoms with Crippen molar-refractivity contribution < 1.29 is 19.1 Å². The van der Waals surface area contributed by atoms with Crippen LogP contribution in [0.2, 0.25) is 0 Å². The summed E-state index contributed by atoms with van der Waals surface area (Å²) in [6.45, 7) is 5.86. The number of nitrogens with zero attached hydrogens (tertiary/aromatic N) is 1. The Hall–Kier alpha value is -3.19. The molecule has 1 heterocycles. The van der Waals surface area contributed by atoms with Crippen molar-refractivity contribution in [3.8, 4) is 22.8 Å². The lowest BCUT2D eigenvalue weighted by Crippen LogP contribution is -2.13. The van der Waals surface area contributed by atoms with Crippen molar-refractivity contribution in [2.45, 2.75) is 33.6 Å². The largest absolute Gasteiger partial charge is 0.496 e. The number of ether oxygens (including phenoxy) is 2. The summed E-state index contributed by atoms with van der Waals surface area (Å²) < 4.78 is 10.6. The standard InChI is InChI=1S/C24H26N2O4S/c1-14-6-9-21(30-5)18(12-14)19(27)8-11-22(28)25-24-26-23(16(3)31-24)17-7-10-20(29-4)15(2)13-17/h6-7,9-10,12-13H,8,11H2,1-5H3,(H,25,26,28). The number of amides is 1. The second kappa shape index (κ2) is 9.75. The number of aromatic nitrogens is 1. The monoisotopic (exact) mass is 438 g/mol. The molecule has 3 rings (SSSR count). The minimum absolute atomic E-state index is 0.0749. The number of thiazole rings is 1. The predicted molar refractivity (Wildman–Crippen MR) is 124 cm³/mol. The summed E-state index contributed by atoms with van der Waals surface area (Å²) >= 11 is 1.41. The van der Waals surface area contributed by atoms with Gasteiger partial charge in [-0.3, -0.25) is 9.59 Å². The van der Waals surface area contributed by atoms with Crippen molar-refractivity contribution in [3.63, 3.8) is 0 Å². The van der Waals surface area contributed by atoms with E-state index < -0.39 is 0 Å². The summed E-state index contributed by atoms with van der Waals surface area (Å²) in [4.78, 5) is 30.6. The first kappa shape index (κ1) is 22.5. The first-order chi connectivity index (χ1) is 14.8. The van der Waals surface area contributed by atoms with Gasteiger partial charge in [0, 0.05) is 23.3 Å².